The zero-order chi connectivity index (χ0) is 17.6. The molecule has 2 aromatic rings. The van der Waals surface area contributed by atoms with Gasteiger partial charge in [-0.1, -0.05) is 23.7 Å². The van der Waals surface area contributed by atoms with Crippen molar-refractivity contribution < 1.29 is 14.3 Å². The molecule has 0 aromatic carbocycles. The monoisotopic (exact) mass is 358 g/mol. The SMILES string of the molecule is CC(C)(C#Cc1ccsc1)OC(=O)OC(C)(C)C#Cc1ccsc1. The quantitative estimate of drug-likeness (QED) is 0.564. The predicted molar refractivity (Wildman–Crippen MR) is 98.1 cm³/mol. The fourth-order valence-electron chi connectivity index (χ4n) is 1.61. The molecule has 0 saturated carbocycles. The third-order valence-corrected chi connectivity index (χ3v) is 4.10. The first-order valence-corrected chi connectivity index (χ1v) is 9.17. The molecule has 0 aliphatic carbocycles. The van der Waals surface area contributed by atoms with Crippen LogP contribution in [0.25, 0.3) is 0 Å². The van der Waals surface area contributed by atoms with Gasteiger partial charge in [-0.15, -0.1) is 0 Å². The fraction of sp³-hybridized carbons (Fsp3) is 0.316. The molecule has 0 unspecified atom stereocenters. The van der Waals surface area contributed by atoms with Crippen molar-refractivity contribution in [2.45, 2.75) is 38.9 Å². The second-order valence-corrected chi connectivity index (χ2v) is 7.56. The summed E-state index contributed by atoms with van der Waals surface area (Å²) in [5.41, 5.74) is -0.106. The Morgan fingerprint density at radius 2 is 1.29 bits per heavy atom. The van der Waals surface area contributed by atoms with Crippen LogP contribution < -0.4 is 0 Å². The van der Waals surface area contributed by atoms with E-state index in [-0.39, 0.29) is 0 Å². The average molecular weight is 358 g/mol. The molecular weight excluding hydrogens is 340 g/mol. The van der Waals surface area contributed by atoms with E-state index in [1.165, 1.54) is 0 Å². The van der Waals surface area contributed by atoms with Crippen LogP contribution in [0.4, 0.5) is 4.79 Å². The Labute approximate surface area is 150 Å². The van der Waals surface area contributed by atoms with Crippen LogP contribution in [0.5, 0.6) is 0 Å². The lowest BCUT2D eigenvalue weighted by Crippen LogP contribution is -2.32. The number of carbonyl (C=O) groups excluding carboxylic acids is 1. The van der Waals surface area contributed by atoms with Crippen LogP contribution >= 0.6 is 22.7 Å². The molecular formula is C19H18O3S2. The van der Waals surface area contributed by atoms with Crippen LogP contribution in [0.1, 0.15) is 38.8 Å². The summed E-state index contributed by atoms with van der Waals surface area (Å²) in [6, 6.07) is 3.82. The lowest BCUT2D eigenvalue weighted by atomic mass is 10.1. The minimum Gasteiger partial charge on any atom is -0.415 e. The summed E-state index contributed by atoms with van der Waals surface area (Å²) in [6.07, 6.45) is -0.788. The maximum atomic E-state index is 12.0. The van der Waals surface area contributed by atoms with Gasteiger partial charge in [0, 0.05) is 21.9 Å². The molecule has 24 heavy (non-hydrogen) atoms. The fourth-order valence-corrected chi connectivity index (χ4v) is 2.78. The van der Waals surface area contributed by atoms with Gasteiger partial charge in [-0.25, -0.2) is 4.79 Å². The first-order chi connectivity index (χ1) is 11.3. The van der Waals surface area contributed by atoms with Crippen molar-refractivity contribution in [2.24, 2.45) is 0 Å². The zero-order valence-corrected chi connectivity index (χ0v) is 15.6. The molecule has 3 nitrogen and oxygen atoms in total. The maximum absolute atomic E-state index is 12.0. The van der Waals surface area contributed by atoms with E-state index in [1.807, 2.05) is 33.7 Å². The smallest absolute Gasteiger partial charge is 0.415 e. The van der Waals surface area contributed by atoms with Crippen LogP contribution in [0, 0.1) is 23.7 Å². The van der Waals surface area contributed by atoms with Crippen LogP contribution in [-0.4, -0.2) is 17.4 Å². The van der Waals surface area contributed by atoms with Gasteiger partial charge in [0.1, 0.15) is 0 Å². The van der Waals surface area contributed by atoms with E-state index >= 15 is 0 Å². The predicted octanol–water partition coefficient (Wildman–Crippen LogP) is 4.92. The van der Waals surface area contributed by atoms with Crippen molar-refractivity contribution in [3.63, 3.8) is 0 Å². The van der Waals surface area contributed by atoms with E-state index < -0.39 is 17.4 Å². The molecule has 5 heteroatoms. The molecule has 0 saturated heterocycles. The Balaban J connectivity index is 1.96. The van der Waals surface area contributed by atoms with Crippen LogP contribution in [0.3, 0.4) is 0 Å². The van der Waals surface area contributed by atoms with Crippen molar-refractivity contribution in [1.29, 1.82) is 0 Å². The third kappa shape index (κ3) is 6.12. The van der Waals surface area contributed by atoms with Crippen molar-refractivity contribution >= 4 is 28.8 Å². The molecule has 0 fully saturated rings. The second kappa shape index (κ2) is 7.57. The minimum atomic E-state index is -0.949. The summed E-state index contributed by atoms with van der Waals surface area (Å²) in [4.78, 5) is 12.0. The standard InChI is InChI=1S/C19H18O3S2/c1-18(2,9-5-15-7-11-23-13-15)21-17(20)22-19(3,4)10-6-16-8-12-24-14-16/h7-8,11-14H,1-4H3. The van der Waals surface area contributed by atoms with Crippen molar-refractivity contribution in [2.75, 3.05) is 0 Å². The minimum absolute atomic E-state index is 0.788. The highest BCUT2D eigenvalue weighted by Crippen LogP contribution is 2.15. The number of hydrogen-bond donors (Lipinski definition) is 0. The molecule has 0 radical (unpaired) electrons. The van der Waals surface area contributed by atoms with Crippen LogP contribution in [0.2, 0.25) is 0 Å². The van der Waals surface area contributed by atoms with Gasteiger partial charge in [-0.2, -0.15) is 22.7 Å². The summed E-state index contributed by atoms with van der Waals surface area (Å²) in [7, 11) is 0. The number of thiophene rings is 2. The van der Waals surface area contributed by atoms with Gasteiger partial charge in [0.15, 0.2) is 11.2 Å². The zero-order valence-electron chi connectivity index (χ0n) is 14.0. The molecule has 0 atom stereocenters. The molecule has 0 N–H and O–H groups in total. The van der Waals surface area contributed by atoms with Gasteiger partial charge in [-0.05, 0) is 50.6 Å². The number of carbonyl (C=O) groups is 1. The summed E-state index contributed by atoms with van der Waals surface area (Å²) < 4.78 is 10.6. The lowest BCUT2D eigenvalue weighted by Gasteiger charge is -2.23. The highest BCUT2D eigenvalue weighted by atomic mass is 32.1. The molecule has 2 aromatic heterocycles. The Morgan fingerprint density at radius 1 is 0.875 bits per heavy atom. The highest BCUT2D eigenvalue weighted by molar-refractivity contribution is 7.08. The van der Waals surface area contributed by atoms with Gasteiger partial charge in [0.25, 0.3) is 0 Å². The number of hydrogen-bond acceptors (Lipinski definition) is 5. The highest BCUT2D eigenvalue weighted by Gasteiger charge is 2.27. The number of rotatable bonds is 2. The van der Waals surface area contributed by atoms with Gasteiger partial charge in [0.05, 0.1) is 0 Å². The molecule has 0 bridgehead atoms. The Morgan fingerprint density at radius 3 is 1.62 bits per heavy atom. The molecule has 124 valence electrons. The molecule has 2 rings (SSSR count). The summed E-state index contributed by atoms with van der Waals surface area (Å²) in [5, 5.41) is 7.76. The van der Waals surface area contributed by atoms with E-state index in [0.717, 1.165) is 11.1 Å². The van der Waals surface area contributed by atoms with Gasteiger partial charge >= 0.3 is 6.16 Å². The molecule has 0 spiro atoms. The van der Waals surface area contributed by atoms with E-state index in [2.05, 4.69) is 23.7 Å². The first-order valence-electron chi connectivity index (χ1n) is 7.28. The molecule has 0 amide bonds. The van der Waals surface area contributed by atoms with E-state index in [9.17, 15) is 4.79 Å². The Bertz CT molecular complexity index is 724. The summed E-state index contributed by atoms with van der Waals surface area (Å²) in [6.45, 7) is 6.88. The first kappa shape index (κ1) is 18.1. The van der Waals surface area contributed by atoms with Crippen molar-refractivity contribution in [3.05, 3.63) is 44.8 Å². The van der Waals surface area contributed by atoms with Gasteiger partial charge < -0.3 is 9.47 Å². The largest absolute Gasteiger partial charge is 0.511 e. The van der Waals surface area contributed by atoms with Gasteiger partial charge in [0.2, 0.25) is 0 Å². The van der Waals surface area contributed by atoms with E-state index in [0.29, 0.717) is 0 Å². The second-order valence-electron chi connectivity index (χ2n) is 6.00. The molecule has 0 aliphatic rings. The topological polar surface area (TPSA) is 35.5 Å². The Kier molecular flexibility index (Phi) is 5.72. The summed E-state index contributed by atoms with van der Waals surface area (Å²) >= 11 is 3.13. The Hall–Kier alpha value is -2.21. The average Bonchev–Trinajstić information content (AvgIpc) is 3.15. The summed E-state index contributed by atoms with van der Waals surface area (Å²) in [5.74, 6) is 11.8. The molecule has 0 aliphatic heterocycles. The van der Waals surface area contributed by atoms with Crippen molar-refractivity contribution in [1.82, 2.24) is 0 Å². The third-order valence-electron chi connectivity index (χ3n) is 2.74. The van der Waals surface area contributed by atoms with Crippen molar-refractivity contribution in [3.8, 4) is 23.7 Å². The lowest BCUT2D eigenvalue weighted by molar-refractivity contribution is -0.0230. The van der Waals surface area contributed by atoms with Gasteiger partial charge in [-0.3, -0.25) is 0 Å². The maximum Gasteiger partial charge on any atom is 0.511 e. The van der Waals surface area contributed by atoms with E-state index in [4.69, 9.17) is 9.47 Å². The number of ether oxygens (including phenoxy) is 2. The van der Waals surface area contributed by atoms with E-state index in [1.54, 1.807) is 50.4 Å². The van der Waals surface area contributed by atoms with Crippen LogP contribution in [-0.2, 0) is 9.47 Å². The van der Waals surface area contributed by atoms with Crippen LogP contribution in [0.15, 0.2) is 33.7 Å². The normalized spacial score (nSPS) is 10.8. The molecule has 2 heterocycles.